The number of benzene rings is 1. The Kier molecular flexibility index (Phi) is 3.28. The second-order valence-corrected chi connectivity index (χ2v) is 5.44. The highest BCUT2D eigenvalue weighted by Crippen LogP contribution is 2.32. The maximum atomic E-state index is 6.05. The lowest BCUT2D eigenvalue weighted by atomic mass is 9.95. The van der Waals surface area contributed by atoms with Gasteiger partial charge in [-0.3, -0.25) is 4.98 Å². The van der Waals surface area contributed by atoms with Crippen LogP contribution in [0, 0.1) is 5.92 Å². The molecular formula is C16H21N3. The summed E-state index contributed by atoms with van der Waals surface area (Å²) in [5, 5.41) is 1.07. The van der Waals surface area contributed by atoms with Crippen LogP contribution in [0.1, 0.15) is 26.2 Å². The van der Waals surface area contributed by atoms with Gasteiger partial charge in [0.15, 0.2) is 0 Å². The van der Waals surface area contributed by atoms with Crippen molar-refractivity contribution in [2.24, 2.45) is 5.92 Å². The monoisotopic (exact) mass is 255 g/mol. The topological polar surface area (TPSA) is 42.1 Å². The molecule has 1 aliphatic rings. The first-order chi connectivity index (χ1) is 9.29. The predicted molar refractivity (Wildman–Crippen MR) is 81.4 cm³/mol. The van der Waals surface area contributed by atoms with Crippen molar-refractivity contribution >= 4 is 22.3 Å². The van der Waals surface area contributed by atoms with Crippen LogP contribution in [0.25, 0.3) is 10.9 Å². The minimum atomic E-state index is 0.810. The first kappa shape index (κ1) is 12.3. The van der Waals surface area contributed by atoms with Crippen molar-refractivity contribution in [2.75, 3.05) is 23.7 Å². The zero-order valence-electron chi connectivity index (χ0n) is 11.5. The SMILES string of the molecule is CCC1CCCN(c2ccc(N)c3cccnc23)C1. The molecule has 0 amide bonds. The third-order valence-electron chi connectivity index (χ3n) is 4.22. The molecule has 3 nitrogen and oxygen atoms in total. The summed E-state index contributed by atoms with van der Waals surface area (Å²) in [4.78, 5) is 7.02. The van der Waals surface area contributed by atoms with E-state index in [4.69, 9.17) is 5.73 Å². The quantitative estimate of drug-likeness (QED) is 0.836. The van der Waals surface area contributed by atoms with Crippen LogP contribution >= 0.6 is 0 Å². The molecule has 19 heavy (non-hydrogen) atoms. The zero-order valence-corrected chi connectivity index (χ0v) is 11.5. The van der Waals surface area contributed by atoms with E-state index in [1.165, 1.54) is 24.9 Å². The molecule has 0 aliphatic carbocycles. The summed E-state index contributed by atoms with van der Waals surface area (Å²) in [6.45, 7) is 4.56. The van der Waals surface area contributed by atoms with E-state index in [-0.39, 0.29) is 0 Å². The second-order valence-electron chi connectivity index (χ2n) is 5.44. The number of anilines is 2. The summed E-state index contributed by atoms with van der Waals surface area (Å²) in [7, 11) is 0. The molecule has 100 valence electrons. The van der Waals surface area contributed by atoms with Crippen LogP contribution in [0.5, 0.6) is 0 Å². The van der Waals surface area contributed by atoms with E-state index in [9.17, 15) is 0 Å². The fourth-order valence-electron chi connectivity index (χ4n) is 3.05. The molecular weight excluding hydrogens is 234 g/mol. The summed E-state index contributed by atoms with van der Waals surface area (Å²) in [6.07, 6.45) is 5.74. The molecule has 1 aromatic heterocycles. The Morgan fingerprint density at radius 2 is 2.26 bits per heavy atom. The van der Waals surface area contributed by atoms with Gasteiger partial charge in [-0.15, -0.1) is 0 Å². The average molecular weight is 255 g/mol. The number of nitrogen functional groups attached to an aromatic ring is 1. The van der Waals surface area contributed by atoms with Gasteiger partial charge in [-0.05, 0) is 43.0 Å². The minimum Gasteiger partial charge on any atom is -0.398 e. The molecule has 3 heteroatoms. The Morgan fingerprint density at radius 3 is 3.11 bits per heavy atom. The molecule has 1 aliphatic heterocycles. The fraction of sp³-hybridized carbons (Fsp3) is 0.438. The Balaban J connectivity index is 2.03. The van der Waals surface area contributed by atoms with E-state index >= 15 is 0 Å². The van der Waals surface area contributed by atoms with E-state index in [0.717, 1.165) is 35.6 Å². The van der Waals surface area contributed by atoms with Crippen molar-refractivity contribution in [1.82, 2.24) is 4.98 Å². The molecule has 1 aromatic carbocycles. The number of nitrogens with two attached hydrogens (primary N) is 1. The normalized spacial score (nSPS) is 19.8. The number of aromatic nitrogens is 1. The zero-order chi connectivity index (χ0) is 13.2. The highest BCUT2D eigenvalue weighted by molar-refractivity contribution is 5.98. The van der Waals surface area contributed by atoms with Gasteiger partial charge < -0.3 is 10.6 Å². The Morgan fingerprint density at radius 1 is 1.37 bits per heavy atom. The van der Waals surface area contributed by atoms with E-state index in [1.54, 1.807) is 0 Å². The van der Waals surface area contributed by atoms with E-state index in [2.05, 4.69) is 28.9 Å². The van der Waals surface area contributed by atoms with Crippen molar-refractivity contribution in [1.29, 1.82) is 0 Å². The molecule has 1 unspecified atom stereocenters. The lowest BCUT2D eigenvalue weighted by Crippen LogP contribution is -2.35. The van der Waals surface area contributed by atoms with Gasteiger partial charge >= 0.3 is 0 Å². The Bertz CT molecular complexity index is 579. The van der Waals surface area contributed by atoms with Crippen LogP contribution in [0.15, 0.2) is 30.5 Å². The van der Waals surface area contributed by atoms with Crippen LogP contribution < -0.4 is 10.6 Å². The van der Waals surface area contributed by atoms with Crippen LogP contribution in [0.4, 0.5) is 11.4 Å². The maximum Gasteiger partial charge on any atom is 0.0955 e. The van der Waals surface area contributed by atoms with Crippen LogP contribution in [-0.4, -0.2) is 18.1 Å². The average Bonchev–Trinajstić information content (AvgIpc) is 2.48. The first-order valence-electron chi connectivity index (χ1n) is 7.17. The van der Waals surface area contributed by atoms with E-state index in [0.29, 0.717) is 0 Å². The number of nitrogens with zero attached hydrogens (tertiary/aromatic N) is 2. The van der Waals surface area contributed by atoms with Crippen molar-refractivity contribution in [3.63, 3.8) is 0 Å². The van der Waals surface area contributed by atoms with Crippen LogP contribution in [-0.2, 0) is 0 Å². The molecule has 2 heterocycles. The second kappa shape index (κ2) is 5.08. The first-order valence-corrected chi connectivity index (χ1v) is 7.17. The highest BCUT2D eigenvalue weighted by atomic mass is 15.1. The number of hydrogen-bond donors (Lipinski definition) is 1. The number of hydrogen-bond acceptors (Lipinski definition) is 3. The largest absolute Gasteiger partial charge is 0.398 e. The molecule has 0 spiro atoms. The molecule has 1 atom stereocenters. The highest BCUT2D eigenvalue weighted by Gasteiger charge is 2.20. The van der Waals surface area contributed by atoms with Gasteiger partial charge in [0.2, 0.25) is 0 Å². The van der Waals surface area contributed by atoms with Crippen LogP contribution in [0.3, 0.4) is 0 Å². The van der Waals surface area contributed by atoms with Gasteiger partial charge in [-0.2, -0.15) is 0 Å². The van der Waals surface area contributed by atoms with Crippen LogP contribution in [0.2, 0.25) is 0 Å². The fourth-order valence-corrected chi connectivity index (χ4v) is 3.05. The Labute approximate surface area is 114 Å². The van der Waals surface area contributed by atoms with Gasteiger partial charge in [0.1, 0.15) is 0 Å². The maximum absolute atomic E-state index is 6.05. The van der Waals surface area contributed by atoms with Crippen molar-refractivity contribution in [3.8, 4) is 0 Å². The molecule has 1 saturated heterocycles. The summed E-state index contributed by atoms with van der Waals surface area (Å²) in [5.74, 6) is 0.810. The third-order valence-corrected chi connectivity index (χ3v) is 4.22. The van der Waals surface area contributed by atoms with Crippen molar-refractivity contribution in [3.05, 3.63) is 30.5 Å². The summed E-state index contributed by atoms with van der Waals surface area (Å²) in [6, 6.07) is 8.15. The summed E-state index contributed by atoms with van der Waals surface area (Å²) in [5.41, 5.74) is 9.15. The van der Waals surface area contributed by atoms with Crippen molar-refractivity contribution < 1.29 is 0 Å². The number of fused-ring (bicyclic) bond motifs is 1. The molecule has 2 N–H and O–H groups in total. The molecule has 0 bridgehead atoms. The van der Waals surface area contributed by atoms with Gasteiger partial charge in [0.05, 0.1) is 11.2 Å². The summed E-state index contributed by atoms with van der Waals surface area (Å²) < 4.78 is 0. The van der Waals surface area contributed by atoms with Gasteiger partial charge in [0, 0.05) is 30.4 Å². The smallest absolute Gasteiger partial charge is 0.0955 e. The molecule has 3 rings (SSSR count). The number of piperidine rings is 1. The summed E-state index contributed by atoms with van der Waals surface area (Å²) >= 11 is 0. The molecule has 0 radical (unpaired) electrons. The number of pyridine rings is 1. The third kappa shape index (κ3) is 2.25. The minimum absolute atomic E-state index is 0.810. The van der Waals surface area contributed by atoms with E-state index < -0.39 is 0 Å². The van der Waals surface area contributed by atoms with Crippen molar-refractivity contribution in [2.45, 2.75) is 26.2 Å². The lowest BCUT2D eigenvalue weighted by molar-refractivity contribution is 0.405. The number of rotatable bonds is 2. The van der Waals surface area contributed by atoms with Gasteiger partial charge in [-0.1, -0.05) is 13.3 Å². The lowest BCUT2D eigenvalue weighted by Gasteiger charge is -2.34. The van der Waals surface area contributed by atoms with E-state index in [1.807, 2.05) is 18.3 Å². The Hall–Kier alpha value is -1.77. The molecule has 1 fully saturated rings. The molecule has 2 aromatic rings. The van der Waals surface area contributed by atoms with Gasteiger partial charge in [-0.25, -0.2) is 0 Å². The predicted octanol–water partition coefficient (Wildman–Crippen LogP) is 3.44. The van der Waals surface area contributed by atoms with Gasteiger partial charge in [0.25, 0.3) is 0 Å². The standard InChI is InChI=1S/C16H21N3/c1-2-12-5-4-10-19(11-12)15-8-7-14(17)13-6-3-9-18-16(13)15/h3,6-9,12H,2,4-5,10-11,17H2,1H3. The molecule has 0 saturated carbocycles.